The summed E-state index contributed by atoms with van der Waals surface area (Å²) in [6, 6.07) is 0. The van der Waals surface area contributed by atoms with Gasteiger partial charge < -0.3 is 4.74 Å². The van der Waals surface area contributed by atoms with Crippen LogP contribution in [0.15, 0.2) is 22.8 Å². The lowest BCUT2D eigenvalue weighted by Crippen LogP contribution is -2.19. The first-order valence-electron chi connectivity index (χ1n) is 8.12. The van der Waals surface area contributed by atoms with Gasteiger partial charge in [0.05, 0.1) is 7.11 Å². The molecule has 2 rings (SSSR count). The van der Waals surface area contributed by atoms with Gasteiger partial charge in [-0.2, -0.15) is 0 Å². The fourth-order valence-corrected chi connectivity index (χ4v) is 3.26. The van der Waals surface area contributed by atoms with E-state index < -0.39 is 0 Å². The highest BCUT2D eigenvalue weighted by atomic mass is 16.5. The van der Waals surface area contributed by atoms with E-state index in [1.165, 1.54) is 7.11 Å². The molecule has 4 nitrogen and oxygen atoms in total. The number of ether oxygens (including phenoxy) is 1. The van der Waals surface area contributed by atoms with Crippen molar-refractivity contribution >= 4 is 17.5 Å². The van der Waals surface area contributed by atoms with Gasteiger partial charge in [0.2, 0.25) is 0 Å². The van der Waals surface area contributed by atoms with Crippen molar-refractivity contribution in [2.45, 2.75) is 58.3 Å². The van der Waals surface area contributed by atoms with E-state index >= 15 is 0 Å². The predicted octanol–water partition coefficient (Wildman–Crippen LogP) is 3.30. The van der Waals surface area contributed by atoms with Gasteiger partial charge in [0.1, 0.15) is 5.78 Å². The third-order valence-electron chi connectivity index (χ3n) is 4.65. The van der Waals surface area contributed by atoms with Crippen LogP contribution in [-0.2, 0) is 19.1 Å². The maximum absolute atomic E-state index is 12.1. The summed E-state index contributed by atoms with van der Waals surface area (Å²) in [6.45, 7) is 1.90. The van der Waals surface area contributed by atoms with Crippen LogP contribution in [0.1, 0.15) is 58.3 Å². The predicted molar refractivity (Wildman–Crippen MR) is 83.2 cm³/mol. The number of rotatable bonds is 7. The van der Waals surface area contributed by atoms with Crippen LogP contribution in [0.5, 0.6) is 0 Å². The number of unbranched alkanes of at least 4 members (excludes halogenated alkanes) is 3. The molecule has 0 amide bonds. The van der Waals surface area contributed by atoms with Gasteiger partial charge in [-0.15, -0.1) is 0 Å². The van der Waals surface area contributed by atoms with E-state index in [4.69, 9.17) is 0 Å². The Morgan fingerprint density at radius 1 is 1.18 bits per heavy atom. The normalized spacial score (nSPS) is 21.0. The number of Topliss-reactive ketones (excluding diaryl/α,β-unsaturated/α-hetero) is 1. The maximum atomic E-state index is 12.1. The molecule has 1 saturated carbocycles. The molecule has 0 aromatic rings. The van der Waals surface area contributed by atoms with E-state index in [1.54, 1.807) is 6.08 Å². The lowest BCUT2D eigenvalue weighted by Gasteiger charge is -2.22. The summed E-state index contributed by atoms with van der Waals surface area (Å²) in [5, 5.41) is 0. The number of hydrogen-bond donors (Lipinski definition) is 0. The average Bonchev–Trinajstić information content (AvgIpc) is 2.83. The van der Waals surface area contributed by atoms with Gasteiger partial charge in [-0.3, -0.25) is 14.4 Å². The van der Waals surface area contributed by atoms with Crippen LogP contribution < -0.4 is 0 Å². The van der Waals surface area contributed by atoms with Gasteiger partial charge in [0, 0.05) is 24.3 Å². The van der Waals surface area contributed by atoms with Crippen LogP contribution in [0.3, 0.4) is 0 Å². The number of allylic oxidation sites excluding steroid dienone is 4. The largest absolute Gasteiger partial charge is 0.469 e. The summed E-state index contributed by atoms with van der Waals surface area (Å²) in [5.74, 6) is 0.0591. The first-order chi connectivity index (χ1) is 10.5. The van der Waals surface area contributed by atoms with E-state index in [0.29, 0.717) is 12.8 Å². The van der Waals surface area contributed by atoms with Crippen molar-refractivity contribution in [1.82, 2.24) is 0 Å². The van der Waals surface area contributed by atoms with Crippen molar-refractivity contribution in [2.24, 2.45) is 5.92 Å². The third kappa shape index (κ3) is 3.73. The summed E-state index contributed by atoms with van der Waals surface area (Å²) in [4.78, 5) is 34.9. The lowest BCUT2D eigenvalue weighted by molar-refractivity contribution is -0.140. The molecule has 0 saturated heterocycles. The van der Waals surface area contributed by atoms with Crippen LogP contribution in [0, 0.1) is 5.92 Å². The van der Waals surface area contributed by atoms with Gasteiger partial charge in [-0.05, 0) is 42.9 Å². The molecule has 4 heteroatoms. The third-order valence-corrected chi connectivity index (χ3v) is 4.65. The molecule has 0 aromatic carbocycles. The van der Waals surface area contributed by atoms with E-state index in [9.17, 15) is 14.4 Å². The molecule has 0 spiro atoms. The molecule has 1 atom stereocenters. The van der Waals surface area contributed by atoms with Gasteiger partial charge in [0.25, 0.3) is 0 Å². The molecule has 2 aliphatic carbocycles. The fourth-order valence-electron chi connectivity index (χ4n) is 3.26. The van der Waals surface area contributed by atoms with Crippen molar-refractivity contribution in [3.63, 3.8) is 0 Å². The number of carbonyl (C=O) groups excluding carboxylic acids is 3. The second kappa shape index (κ2) is 7.52. The number of carbonyl (C=O) groups is 3. The fraction of sp³-hybridized carbons (Fsp3) is 0.611. The second-order valence-corrected chi connectivity index (χ2v) is 6.10. The van der Waals surface area contributed by atoms with Crippen LogP contribution in [0.4, 0.5) is 0 Å². The topological polar surface area (TPSA) is 60.4 Å². The molecule has 120 valence electrons. The minimum Gasteiger partial charge on any atom is -0.469 e. The minimum absolute atomic E-state index is 0.0983. The Kier molecular flexibility index (Phi) is 5.69. The van der Waals surface area contributed by atoms with Gasteiger partial charge >= 0.3 is 5.97 Å². The zero-order valence-electron chi connectivity index (χ0n) is 13.4. The van der Waals surface area contributed by atoms with Crippen molar-refractivity contribution in [3.8, 4) is 0 Å². The molecule has 1 fully saturated rings. The first-order valence-corrected chi connectivity index (χ1v) is 8.12. The molecule has 0 N–H and O–H groups in total. The smallest absolute Gasteiger partial charge is 0.305 e. The van der Waals surface area contributed by atoms with Crippen molar-refractivity contribution in [3.05, 3.63) is 22.8 Å². The Bertz CT molecular complexity index is 539. The molecule has 22 heavy (non-hydrogen) atoms. The summed E-state index contributed by atoms with van der Waals surface area (Å²) in [7, 11) is 1.41. The first kappa shape index (κ1) is 16.7. The molecule has 0 aromatic heterocycles. The minimum atomic E-state index is -0.161. The highest BCUT2D eigenvalue weighted by Gasteiger charge is 2.33. The molecule has 0 aliphatic heterocycles. The summed E-state index contributed by atoms with van der Waals surface area (Å²) in [5.41, 5.74) is 3.01. The molecular weight excluding hydrogens is 280 g/mol. The van der Waals surface area contributed by atoms with E-state index in [2.05, 4.69) is 4.74 Å². The SMILES string of the molecule is COC(=O)CCCCCCC1=C2CCC(=O)C(C)C2=CC1=O. The Morgan fingerprint density at radius 3 is 2.64 bits per heavy atom. The molecule has 0 bridgehead atoms. The zero-order chi connectivity index (χ0) is 16.1. The van der Waals surface area contributed by atoms with Crippen LogP contribution in [-0.4, -0.2) is 24.6 Å². The van der Waals surface area contributed by atoms with Crippen LogP contribution in [0.25, 0.3) is 0 Å². The van der Waals surface area contributed by atoms with Gasteiger partial charge in [-0.25, -0.2) is 0 Å². The maximum Gasteiger partial charge on any atom is 0.305 e. The summed E-state index contributed by atoms with van der Waals surface area (Å²) >= 11 is 0. The summed E-state index contributed by atoms with van der Waals surface area (Å²) in [6.07, 6.45) is 7.97. The number of ketones is 2. The number of hydrogen-bond acceptors (Lipinski definition) is 4. The van der Waals surface area contributed by atoms with E-state index in [1.807, 2.05) is 6.92 Å². The number of fused-ring (bicyclic) bond motifs is 1. The molecule has 0 heterocycles. The average molecular weight is 304 g/mol. The standard InChI is InChI=1S/C18H24O4/c1-12-15-11-17(20)14(13(15)9-10-16(12)19)7-5-3-4-6-8-18(21)22-2/h11-12H,3-10H2,1-2H3. The number of esters is 1. The molecular formula is C18H24O4. The van der Waals surface area contributed by atoms with E-state index in [0.717, 1.165) is 55.2 Å². The Balaban J connectivity index is 1.80. The zero-order valence-corrected chi connectivity index (χ0v) is 13.4. The van der Waals surface area contributed by atoms with Crippen LogP contribution >= 0.6 is 0 Å². The van der Waals surface area contributed by atoms with Gasteiger partial charge in [0.15, 0.2) is 5.78 Å². The Labute approximate surface area is 131 Å². The second-order valence-electron chi connectivity index (χ2n) is 6.10. The van der Waals surface area contributed by atoms with Gasteiger partial charge in [-0.1, -0.05) is 19.8 Å². The lowest BCUT2D eigenvalue weighted by atomic mass is 9.81. The van der Waals surface area contributed by atoms with Crippen molar-refractivity contribution in [1.29, 1.82) is 0 Å². The molecule has 0 radical (unpaired) electrons. The molecule has 2 aliphatic rings. The Morgan fingerprint density at radius 2 is 1.91 bits per heavy atom. The Hall–Kier alpha value is -1.71. The number of methoxy groups -OCH3 is 1. The summed E-state index contributed by atoms with van der Waals surface area (Å²) < 4.78 is 4.60. The molecule has 1 unspecified atom stereocenters. The monoisotopic (exact) mass is 304 g/mol. The van der Waals surface area contributed by atoms with Crippen molar-refractivity contribution in [2.75, 3.05) is 7.11 Å². The van der Waals surface area contributed by atoms with Crippen molar-refractivity contribution < 1.29 is 19.1 Å². The van der Waals surface area contributed by atoms with E-state index in [-0.39, 0.29) is 23.5 Å². The highest BCUT2D eigenvalue weighted by Crippen LogP contribution is 2.39. The highest BCUT2D eigenvalue weighted by molar-refractivity contribution is 6.10. The quantitative estimate of drug-likeness (QED) is 0.535. The van der Waals surface area contributed by atoms with Crippen LogP contribution in [0.2, 0.25) is 0 Å².